The summed E-state index contributed by atoms with van der Waals surface area (Å²) in [5.41, 5.74) is -0.342. The summed E-state index contributed by atoms with van der Waals surface area (Å²) < 4.78 is 31.9. The summed E-state index contributed by atoms with van der Waals surface area (Å²) in [4.78, 5) is 23.4. The normalized spacial score (nSPS) is 19.5. The molecule has 0 heterocycles. The van der Waals surface area contributed by atoms with Gasteiger partial charge in [-0.2, -0.15) is 0 Å². The van der Waals surface area contributed by atoms with Crippen LogP contribution in [0.25, 0.3) is 0 Å². The van der Waals surface area contributed by atoms with Crippen molar-refractivity contribution in [2.75, 3.05) is 13.1 Å². The summed E-state index contributed by atoms with van der Waals surface area (Å²) in [5, 5.41) is 5.20. The number of benzene rings is 1. The second kappa shape index (κ2) is 7.15. The number of rotatable bonds is 5. The maximum Gasteiger partial charge on any atom is 0.407 e. The standard InChI is InChI=1S/C17H22F2N2O3/c1-17(2,3)24-16(23)21-7-6-20-15(22)13-9-11(13)12-8-10(18)4-5-14(12)19/h4-5,8,11,13H,6-7,9H2,1-3H3,(H,20,22)(H,21,23)/t11-,13+/m0/s1. The lowest BCUT2D eigenvalue weighted by Crippen LogP contribution is -2.38. The second-order valence-corrected chi connectivity index (χ2v) is 6.83. The molecule has 0 saturated heterocycles. The molecule has 2 N–H and O–H groups in total. The lowest BCUT2D eigenvalue weighted by Gasteiger charge is -2.19. The monoisotopic (exact) mass is 340 g/mol. The van der Waals surface area contributed by atoms with Crippen LogP contribution in [0.15, 0.2) is 18.2 Å². The van der Waals surface area contributed by atoms with Gasteiger partial charge in [-0.1, -0.05) is 0 Å². The molecule has 2 atom stereocenters. The van der Waals surface area contributed by atoms with Gasteiger partial charge in [-0.05, 0) is 56.9 Å². The highest BCUT2D eigenvalue weighted by Crippen LogP contribution is 2.48. The van der Waals surface area contributed by atoms with Gasteiger partial charge in [0.15, 0.2) is 0 Å². The molecule has 24 heavy (non-hydrogen) atoms. The molecule has 0 radical (unpaired) electrons. The Kier molecular flexibility index (Phi) is 5.41. The minimum absolute atomic E-state index is 0.227. The zero-order chi connectivity index (χ0) is 17.9. The van der Waals surface area contributed by atoms with Crippen LogP contribution in [0.4, 0.5) is 13.6 Å². The lowest BCUT2D eigenvalue weighted by molar-refractivity contribution is -0.122. The smallest absolute Gasteiger partial charge is 0.407 e. The van der Waals surface area contributed by atoms with E-state index >= 15 is 0 Å². The predicted octanol–water partition coefficient (Wildman–Crippen LogP) is 2.71. The van der Waals surface area contributed by atoms with Crippen molar-refractivity contribution in [3.8, 4) is 0 Å². The van der Waals surface area contributed by atoms with Crippen molar-refractivity contribution >= 4 is 12.0 Å². The number of nitrogens with one attached hydrogen (secondary N) is 2. The molecule has 0 unspecified atom stereocenters. The van der Waals surface area contributed by atoms with Crippen molar-refractivity contribution in [1.82, 2.24) is 10.6 Å². The van der Waals surface area contributed by atoms with Crippen LogP contribution in [0, 0.1) is 17.6 Å². The van der Waals surface area contributed by atoms with Gasteiger partial charge in [-0.15, -0.1) is 0 Å². The van der Waals surface area contributed by atoms with E-state index in [1.165, 1.54) is 0 Å². The molecule has 1 aliphatic carbocycles. The van der Waals surface area contributed by atoms with E-state index in [9.17, 15) is 18.4 Å². The fourth-order valence-electron chi connectivity index (χ4n) is 2.42. The Balaban J connectivity index is 1.71. The quantitative estimate of drug-likeness (QED) is 0.810. The number of alkyl carbamates (subject to hydrolysis) is 1. The third-order valence-electron chi connectivity index (χ3n) is 3.58. The Morgan fingerprint density at radius 2 is 1.88 bits per heavy atom. The number of ether oxygens (including phenoxy) is 1. The average Bonchev–Trinajstić information content (AvgIpc) is 3.24. The maximum absolute atomic E-state index is 13.7. The molecule has 0 aliphatic heterocycles. The summed E-state index contributed by atoms with van der Waals surface area (Å²) in [6.07, 6.45) is -0.0611. The first-order valence-electron chi connectivity index (χ1n) is 7.87. The van der Waals surface area contributed by atoms with Gasteiger partial charge in [0.05, 0.1) is 0 Å². The highest BCUT2D eigenvalue weighted by Gasteiger charge is 2.45. The molecule has 0 aromatic heterocycles. The van der Waals surface area contributed by atoms with Crippen LogP contribution in [0.3, 0.4) is 0 Å². The SMILES string of the molecule is CC(C)(C)OC(=O)NCCNC(=O)[C@@H]1C[C@H]1c1cc(F)ccc1F. The largest absolute Gasteiger partial charge is 0.444 e. The Labute approximate surface area is 139 Å². The van der Waals surface area contributed by atoms with Crippen molar-refractivity contribution in [3.63, 3.8) is 0 Å². The third kappa shape index (κ3) is 5.18. The second-order valence-electron chi connectivity index (χ2n) is 6.83. The first-order valence-corrected chi connectivity index (χ1v) is 7.87. The van der Waals surface area contributed by atoms with Gasteiger partial charge in [0, 0.05) is 19.0 Å². The van der Waals surface area contributed by atoms with Crippen molar-refractivity contribution < 1.29 is 23.1 Å². The number of hydrogen-bond donors (Lipinski definition) is 2. The average molecular weight is 340 g/mol. The molecule has 2 amide bonds. The summed E-state index contributed by atoms with van der Waals surface area (Å²) in [5.74, 6) is -1.89. The number of halogens is 2. The fourth-order valence-corrected chi connectivity index (χ4v) is 2.42. The van der Waals surface area contributed by atoms with Crippen molar-refractivity contribution in [3.05, 3.63) is 35.4 Å². The Bertz CT molecular complexity index is 629. The molecular formula is C17H22F2N2O3. The van der Waals surface area contributed by atoms with E-state index in [2.05, 4.69) is 10.6 Å². The maximum atomic E-state index is 13.7. The molecule has 1 aromatic carbocycles. The predicted molar refractivity (Wildman–Crippen MR) is 84.5 cm³/mol. The van der Waals surface area contributed by atoms with E-state index in [0.29, 0.717) is 6.42 Å². The summed E-state index contributed by atoms with van der Waals surface area (Å²) in [7, 11) is 0. The van der Waals surface area contributed by atoms with Crippen LogP contribution < -0.4 is 10.6 Å². The number of carbonyl (C=O) groups excluding carboxylic acids is 2. The first-order chi connectivity index (χ1) is 11.2. The Morgan fingerprint density at radius 1 is 1.21 bits per heavy atom. The van der Waals surface area contributed by atoms with E-state index in [4.69, 9.17) is 4.74 Å². The molecular weight excluding hydrogens is 318 g/mol. The van der Waals surface area contributed by atoms with Gasteiger partial charge >= 0.3 is 6.09 Å². The number of hydrogen-bond acceptors (Lipinski definition) is 3. The topological polar surface area (TPSA) is 67.4 Å². The molecule has 1 aromatic rings. The van der Waals surface area contributed by atoms with E-state index in [1.54, 1.807) is 20.8 Å². The van der Waals surface area contributed by atoms with Crippen LogP contribution in [0.5, 0.6) is 0 Å². The molecule has 1 fully saturated rings. The number of amides is 2. The molecule has 1 saturated carbocycles. The molecule has 0 spiro atoms. The van der Waals surface area contributed by atoms with Gasteiger partial charge < -0.3 is 15.4 Å². The van der Waals surface area contributed by atoms with Crippen molar-refractivity contribution in [2.45, 2.75) is 38.7 Å². The van der Waals surface area contributed by atoms with Crippen molar-refractivity contribution in [1.29, 1.82) is 0 Å². The number of carbonyl (C=O) groups is 2. The van der Waals surface area contributed by atoms with Crippen LogP contribution in [0.1, 0.15) is 38.7 Å². The highest BCUT2D eigenvalue weighted by molar-refractivity contribution is 5.83. The third-order valence-corrected chi connectivity index (χ3v) is 3.58. The fraction of sp³-hybridized carbons (Fsp3) is 0.529. The van der Waals surface area contributed by atoms with Crippen LogP contribution in [0.2, 0.25) is 0 Å². The van der Waals surface area contributed by atoms with Gasteiger partial charge in [0.1, 0.15) is 17.2 Å². The Morgan fingerprint density at radius 3 is 2.54 bits per heavy atom. The van der Waals surface area contributed by atoms with Gasteiger partial charge in [-0.25, -0.2) is 13.6 Å². The van der Waals surface area contributed by atoms with E-state index in [1.807, 2.05) is 0 Å². The zero-order valence-electron chi connectivity index (χ0n) is 14.0. The van der Waals surface area contributed by atoms with Gasteiger partial charge in [0.2, 0.25) is 5.91 Å². The van der Waals surface area contributed by atoms with Gasteiger partial charge in [0.25, 0.3) is 0 Å². The van der Waals surface area contributed by atoms with E-state index < -0.39 is 23.3 Å². The summed E-state index contributed by atoms with van der Waals surface area (Å²) in [6.45, 7) is 5.74. The van der Waals surface area contributed by atoms with E-state index in [-0.39, 0.29) is 36.4 Å². The van der Waals surface area contributed by atoms with Crippen LogP contribution in [-0.2, 0) is 9.53 Å². The first kappa shape index (κ1) is 18.2. The molecule has 0 bridgehead atoms. The van der Waals surface area contributed by atoms with Gasteiger partial charge in [-0.3, -0.25) is 4.79 Å². The summed E-state index contributed by atoms with van der Waals surface area (Å²) >= 11 is 0. The minimum atomic E-state index is -0.580. The van der Waals surface area contributed by atoms with Crippen LogP contribution in [-0.4, -0.2) is 30.7 Å². The minimum Gasteiger partial charge on any atom is -0.444 e. The van der Waals surface area contributed by atoms with Crippen LogP contribution >= 0.6 is 0 Å². The molecule has 1 aliphatic rings. The van der Waals surface area contributed by atoms with Crippen molar-refractivity contribution in [2.24, 2.45) is 5.92 Å². The molecule has 7 heteroatoms. The molecule has 5 nitrogen and oxygen atoms in total. The lowest BCUT2D eigenvalue weighted by atomic mass is 10.1. The summed E-state index contributed by atoms with van der Waals surface area (Å²) in [6, 6.07) is 3.26. The Hall–Kier alpha value is -2.18. The molecule has 132 valence electrons. The zero-order valence-corrected chi connectivity index (χ0v) is 14.0. The highest BCUT2D eigenvalue weighted by atomic mass is 19.1. The van der Waals surface area contributed by atoms with E-state index in [0.717, 1.165) is 18.2 Å². The molecule has 2 rings (SSSR count).